The normalized spacial score (nSPS) is 10.8. The van der Waals surface area contributed by atoms with Crippen molar-refractivity contribution in [1.29, 1.82) is 0 Å². The van der Waals surface area contributed by atoms with E-state index < -0.39 is 5.97 Å². The zero-order chi connectivity index (χ0) is 17.1. The van der Waals surface area contributed by atoms with E-state index in [-0.39, 0.29) is 6.42 Å². The lowest BCUT2D eigenvalue weighted by Gasteiger charge is -2.07. The number of carboxylic acid groups (broad SMARTS) is 1. The Kier molecular flexibility index (Phi) is 4.47. The first-order chi connectivity index (χ1) is 11.6. The molecule has 3 aromatic rings. The smallest absolute Gasteiger partial charge is 0.303 e. The van der Waals surface area contributed by atoms with Crippen molar-refractivity contribution in [2.45, 2.75) is 26.7 Å². The van der Waals surface area contributed by atoms with Crippen LogP contribution in [0.4, 0.5) is 0 Å². The first-order valence-corrected chi connectivity index (χ1v) is 7.99. The number of hydrogen-bond donors (Lipinski definition) is 1. The fraction of sp³-hybridized carbons (Fsp3) is 0.200. The predicted octanol–water partition coefficient (Wildman–Crippen LogP) is 4.17. The molecule has 0 aliphatic heterocycles. The molecule has 0 aliphatic carbocycles. The summed E-state index contributed by atoms with van der Waals surface area (Å²) in [5.74, 6) is -0.784. The highest BCUT2D eigenvalue weighted by Gasteiger charge is 2.14. The van der Waals surface area contributed by atoms with E-state index in [4.69, 9.17) is 5.11 Å². The lowest BCUT2D eigenvalue weighted by Crippen LogP contribution is -2.01. The van der Waals surface area contributed by atoms with E-state index in [2.05, 4.69) is 29.4 Å². The molecule has 1 heterocycles. The number of carboxylic acids is 1. The third-order valence-electron chi connectivity index (χ3n) is 4.25. The number of carbonyl (C=O) groups is 1. The molecule has 2 aromatic carbocycles. The molecule has 0 spiro atoms. The highest BCUT2D eigenvalue weighted by Crippen LogP contribution is 2.23. The molecular weight excluding hydrogens is 300 g/mol. The van der Waals surface area contributed by atoms with Gasteiger partial charge in [0.05, 0.1) is 11.4 Å². The van der Waals surface area contributed by atoms with Gasteiger partial charge in [-0.05, 0) is 49.1 Å². The van der Waals surface area contributed by atoms with Crippen LogP contribution in [-0.2, 0) is 11.2 Å². The molecule has 1 aromatic heterocycles. The number of aromatic nitrogens is 2. The second-order valence-electron chi connectivity index (χ2n) is 5.87. The average Bonchev–Trinajstić information content (AvgIpc) is 2.88. The van der Waals surface area contributed by atoms with Crippen molar-refractivity contribution < 1.29 is 9.90 Å². The van der Waals surface area contributed by atoms with Crippen molar-refractivity contribution in [3.8, 4) is 16.8 Å². The van der Waals surface area contributed by atoms with E-state index >= 15 is 0 Å². The first kappa shape index (κ1) is 16.0. The summed E-state index contributed by atoms with van der Waals surface area (Å²) in [5.41, 5.74) is 6.23. The van der Waals surface area contributed by atoms with Crippen LogP contribution in [-0.4, -0.2) is 20.9 Å². The second-order valence-corrected chi connectivity index (χ2v) is 5.87. The summed E-state index contributed by atoms with van der Waals surface area (Å²) in [5, 5.41) is 13.5. The van der Waals surface area contributed by atoms with E-state index in [0.717, 1.165) is 28.2 Å². The minimum atomic E-state index is -0.784. The SMILES string of the molecule is Cc1nn(-c2ccc(-c3ccccc3)cc2)c(C)c1CCC(=O)O. The maximum Gasteiger partial charge on any atom is 0.303 e. The lowest BCUT2D eigenvalue weighted by molar-refractivity contribution is -0.136. The third kappa shape index (κ3) is 3.23. The standard InChI is InChI=1S/C20H20N2O2/c1-14-19(12-13-20(23)24)15(2)22(21-14)18-10-8-17(9-11-18)16-6-4-3-5-7-16/h3-11H,12-13H2,1-2H3,(H,23,24). The Balaban J connectivity index is 1.90. The molecule has 24 heavy (non-hydrogen) atoms. The highest BCUT2D eigenvalue weighted by atomic mass is 16.4. The van der Waals surface area contributed by atoms with Gasteiger partial charge in [0, 0.05) is 12.1 Å². The molecule has 1 N–H and O–H groups in total. The number of hydrogen-bond acceptors (Lipinski definition) is 2. The zero-order valence-corrected chi connectivity index (χ0v) is 13.9. The molecular formula is C20H20N2O2. The maximum atomic E-state index is 10.8. The Morgan fingerprint density at radius 3 is 2.25 bits per heavy atom. The molecule has 0 bridgehead atoms. The van der Waals surface area contributed by atoms with Crippen molar-refractivity contribution in [3.05, 3.63) is 71.5 Å². The van der Waals surface area contributed by atoms with Crippen LogP contribution >= 0.6 is 0 Å². The van der Waals surface area contributed by atoms with Gasteiger partial charge < -0.3 is 5.11 Å². The third-order valence-corrected chi connectivity index (χ3v) is 4.25. The summed E-state index contributed by atoms with van der Waals surface area (Å²) < 4.78 is 1.89. The van der Waals surface area contributed by atoms with Crippen LogP contribution < -0.4 is 0 Å². The number of aryl methyl sites for hydroxylation is 1. The van der Waals surface area contributed by atoms with Crippen molar-refractivity contribution in [2.75, 3.05) is 0 Å². The molecule has 0 amide bonds. The minimum Gasteiger partial charge on any atom is -0.481 e. The van der Waals surface area contributed by atoms with Gasteiger partial charge in [-0.3, -0.25) is 4.79 Å². The molecule has 4 heteroatoms. The molecule has 0 unspecified atom stereocenters. The fourth-order valence-electron chi connectivity index (χ4n) is 2.95. The molecule has 0 fully saturated rings. The van der Waals surface area contributed by atoms with E-state index in [1.807, 2.05) is 48.9 Å². The Hall–Kier alpha value is -2.88. The first-order valence-electron chi connectivity index (χ1n) is 7.99. The van der Waals surface area contributed by atoms with Crippen LogP contribution in [0, 0.1) is 13.8 Å². The van der Waals surface area contributed by atoms with Gasteiger partial charge in [0.25, 0.3) is 0 Å². The molecule has 122 valence electrons. The van der Waals surface area contributed by atoms with E-state index in [0.29, 0.717) is 6.42 Å². The molecule has 3 rings (SSSR count). The van der Waals surface area contributed by atoms with Crippen molar-refractivity contribution in [3.63, 3.8) is 0 Å². The van der Waals surface area contributed by atoms with E-state index in [1.54, 1.807) is 0 Å². The van der Waals surface area contributed by atoms with Crippen LogP contribution in [0.2, 0.25) is 0 Å². The monoisotopic (exact) mass is 320 g/mol. The van der Waals surface area contributed by atoms with Gasteiger partial charge in [0.2, 0.25) is 0 Å². The summed E-state index contributed by atoms with van der Waals surface area (Å²) in [6.45, 7) is 3.92. The Bertz CT molecular complexity index is 849. The molecule has 0 atom stereocenters. The number of benzene rings is 2. The summed E-state index contributed by atoms with van der Waals surface area (Å²) in [7, 11) is 0. The van der Waals surface area contributed by atoms with Crippen LogP contribution in [0.3, 0.4) is 0 Å². The summed E-state index contributed by atoms with van der Waals surface area (Å²) in [6, 6.07) is 18.5. The number of aliphatic carboxylic acids is 1. The maximum absolute atomic E-state index is 10.8. The van der Waals surface area contributed by atoms with Crippen LogP contribution in [0.15, 0.2) is 54.6 Å². The van der Waals surface area contributed by atoms with Gasteiger partial charge in [-0.2, -0.15) is 5.10 Å². The fourth-order valence-corrected chi connectivity index (χ4v) is 2.95. The van der Waals surface area contributed by atoms with Crippen molar-refractivity contribution >= 4 is 5.97 Å². The molecule has 0 saturated carbocycles. The quantitative estimate of drug-likeness (QED) is 0.767. The van der Waals surface area contributed by atoms with Gasteiger partial charge in [0.15, 0.2) is 0 Å². The largest absolute Gasteiger partial charge is 0.481 e. The van der Waals surface area contributed by atoms with Crippen LogP contribution in [0.5, 0.6) is 0 Å². The zero-order valence-electron chi connectivity index (χ0n) is 13.9. The summed E-state index contributed by atoms with van der Waals surface area (Å²) >= 11 is 0. The Morgan fingerprint density at radius 1 is 1.00 bits per heavy atom. The number of rotatable bonds is 5. The molecule has 4 nitrogen and oxygen atoms in total. The second kappa shape index (κ2) is 6.71. The predicted molar refractivity (Wildman–Crippen MR) is 94.4 cm³/mol. The Labute approximate surface area is 141 Å². The van der Waals surface area contributed by atoms with Crippen molar-refractivity contribution in [1.82, 2.24) is 9.78 Å². The van der Waals surface area contributed by atoms with E-state index in [9.17, 15) is 4.79 Å². The van der Waals surface area contributed by atoms with Crippen LogP contribution in [0.25, 0.3) is 16.8 Å². The molecule has 0 saturated heterocycles. The van der Waals surface area contributed by atoms with Gasteiger partial charge in [0.1, 0.15) is 0 Å². The molecule has 0 aliphatic rings. The van der Waals surface area contributed by atoms with Crippen LogP contribution in [0.1, 0.15) is 23.4 Å². The van der Waals surface area contributed by atoms with Gasteiger partial charge >= 0.3 is 5.97 Å². The van der Waals surface area contributed by atoms with E-state index in [1.165, 1.54) is 5.56 Å². The lowest BCUT2D eigenvalue weighted by atomic mass is 10.1. The minimum absolute atomic E-state index is 0.125. The molecule has 0 radical (unpaired) electrons. The summed E-state index contributed by atoms with van der Waals surface area (Å²) in [6.07, 6.45) is 0.634. The highest BCUT2D eigenvalue weighted by molar-refractivity contribution is 5.67. The average molecular weight is 320 g/mol. The van der Waals surface area contributed by atoms with Gasteiger partial charge in [-0.1, -0.05) is 42.5 Å². The topological polar surface area (TPSA) is 55.1 Å². The van der Waals surface area contributed by atoms with Crippen molar-refractivity contribution in [2.24, 2.45) is 0 Å². The van der Waals surface area contributed by atoms with Gasteiger partial charge in [-0.25, -0.2) is 4.68 Å². The Morgan fingerprint density at radius 2 is 1.62 bits per heavy atom. The number of nitrogens with zero attached hydrogens (tertiary/aromatic N) is 2. The van der Waals surface area contributed by atoms with Gasteiger partial charge in [-0.15, -0.1) is 0 Å². The summed E-state index contributed by atoms with van der Waals surface area (Å²) in [4.78, 5) is 10.8.